The van der Waals surface area contributed by atoms with Gasteiger partial charge in [-0.1, -0.05) is 32.0 Å². The Labute approximate surface area is 228 Å². The molecule has 0 aliphatic carbocycles. The van der Waals surface area contributed by atoms with E-state index in [0.29, 0.717) is 35.8 Å². The van der Waals surface area contributed by atoms with E-state index >= 15 is 4.39 Å². The number of ether oxygens (including phenoxy) is 2. The first-order valence-corrected chi connectivity index (χ1v) is 12.4. The molecule has 1 aliphatic heterocycles. The number of benzene rings is 1. The Hall–Kier alpha value is -4.59. The Morgan fingerprint density at radius 2 is 2.00 bits per heavy atom. The number of nitrogens with one attached hydrogen (secondary N) is 1. The van der Waals surface area contributed by atoms with Gasteiger partial charge in [0.2, 0.25) is 0 Å². The molecule has 1 aromatic carbocycles. The fraction of sp³-hybridized carbons (Fsp3) is 0.385. The molecule has 4 heterocycles. The number of rotatable bonds is 6. The van der Waals surface area contributed by atoms with E-state index in [4.69, 9.17) is 23.9 Å². The van der Waals surface area contributed by atoms with Gasteiger partial charge in [0.1, 0.15) is 12.0 Å². The summed E-state index contributed by atoms with van der Waals surface area (Å²) in [7, 11) is 1.38. The maximum atomic E-state index is 15.7. The second kappa shape index (κ2) is 12.1. The van der Waals surface area contributed by atoms with Gasteiger partial charge < -0.3 is 29.3 Å². The molecule has 13 nitrogen and oxygen atoms in total. The number of nitrogens with zero attached hydrogens (tertiary/aromatic N) is 6. The quantitative estimate of drug-likeness (QED) is 0.337. The number of aromatic nitrogens is 5. The Morgan fingerprint density at radius 1 is 1.27 bits per heavy atom. The molecular formula is C26H30FN7O6. The van der Waals surface area contributed by atoms with Crippen molar-refractivity contribution in [3.8, 4) is 17.0 Å². The minimum atomic E-state index is -0.586. The molecule has 0 spiro atoms. The minimum absolute atomic E-state index is 0.00206. The Morgan fingerprint density at radius 3 is 2.65 bits per heavy atom. The van der Waals surface area contributed by atoms with Gasteiger partial charge in [0.15, 0.2) is 17.4 Å². The monoisotopic (exact) mass is 555 g/mol. The normalized spacial score (nSPS) is 13.5. The summed E-state index contributed by atoms with van der Waals surface area (Å²) in [6.45, 7) is 8.33. The first-order chi connectivity index (χ1) is 19.2. The average molecular weight is 556 g/mol. The van der Waals surface area contributed by atoms with Crippen LogP contribution in [0.5, 0.6) is 5.75 Å². The SMILES string of the molecule is COc1c(CNC(=O)c2nc(C(C)(C)C)no2)ccc(-c2ncnn3cc(N4CCOCC4)cc23)c1F.O=CO. The lowest BCUT2D eigenvalue weighted by atomic mass is 9.96. The highest BCUT2D eigenvalue weighted by Crippen LogP contribution is 2.34. The van der Waals surface area contributed by atoms with E-state index in [2.05, 4.69) is 30.4 Å². The van der Waals surface area contributed by atoms with Crippen LogP contribution in [0.3, 0.4) is 0 Å². The average Bonchev–Trinajstić information content (AvgIpc) is 3.61. The summed E-state index contributed by atoms with van der Waals surface area (Å²) in [6, 6.07) is 5.25. The van der Waals surface area contributed by atoms with E-state index in [1.165, 1.54) is 13.4 Å². The molecule has 0 bridgehead atoms. The van der Waals surface area contributed by atoms with Crippen molar-refractivity contribution in [2.75, 3.05) is 38.3 Å². The fourth-order valence-electron chi connectivity index (χ4n) is 4.13. The lowest BCUT2D eigenvalue weighted by Gasteiger charge is -2.27. The molecule has 0 unspecified atom stereocenters. The van der Waals surface area contributed by atoms with Crippen LogP contribution in [0.2, 0.25) is 0 Å². The van der Waals surface area contributed by atoms with Gasteiger partial charge in [-0.15, -0.1) is 0 Å². The van der Waals surface area contributed by atoms with Crippen molar-refractivity contribution in [2.24, 2.45) is 0 Å². The van der Waals surface area contributed by atoms with Gasteiger partial charge in [-0.25, -0.2) is 13.9 Å². The summed E-state index contributed by atoms with van der Waals surface area (Å²) in [5.41, 5.74) is 2.41. The van der Waals surface area contributed by atoms with Gasteiger partial charge in [-0.2, -0.15) is 10.1 Å². The predicted molar refractivity (Wildman–Crippen MR) is 141 cm³/mol. The summed E-state index contributed by atoms with van der Waals surface area (Å²) in [5.74, 6) is -0.874. The topological polar surface area (TPSA) is 157 Å². The standard InChI is InChI=1S/C25H28FN7O4.CH2O2/c1-25(2,3)24-30-23(37-31-24)22(34)27-12-15-5-6-17(19(26)21(15)35-4)20-18-11-16(13-33(18)29-14-28-20)32-7-9-36-10-8-32;2-1-3/h5-6,11,13-14H,7-10,12H2,1-4H3,(H,27,34);1H,(H,2,3). The second-order valence-corrected chi connectivity index (χ2v) is 9.82. The number of halogens is 1. The highest BCUT2D eigenvalue weighted by molar-refractivity contribution is 5.89. The molecule has 2 N–H and O–H groups in total. The minimum Gasteiger partial charge on any atom is -0.493 e. The zero-order chi connectivity index (χ0) is 28.9. The number of anilines is 1. The van der Waals surface area contributed by atoms with Crippen molar-refractivity contribution < 1.29 is 33.1 Å². The summed E-state index contributed by atoms with van der Waals surface area (Å²) in [5, 5.41) is 17.7. The summed E-state index contributed by atoms with van der Waals surface area (Å²) in [4.78, 5) is 31.6. The lowest BCUT2D eigenvalue weighted by molar-refractivity contribution is -0.122. The van der Waals surface area contributed by atoms with Crippen LogP contribution in [-0.4, -0.2) is 75.6 Å². The molecular weight excluding hydrogens is 525 g/mol. The zero-order valence-corrected chi connectivity index (χ0v) is 22.5. The van der Waals surface area contributed by atoms with E-state index in [1.54, 1.807) is 16.6 Å². The first kappa shape index (κ1) is 28.4. The van der Waals surface area contributed by atoms with Gasteiger partial charge in [-0.3, -0.25) is 9.59 Å². The molecule has 1 aliphatic rings. The predicted octanol–water partition coefficient (Wildman–Crippen LogP) is 2.69. The Balaban J connectivity index is 0.00000118. The Bertz CT molecular complexity index is 1490. The molecule has 0 saturated carbocycles. The number of hydrogen-bond donors (Lipinski definition) is 2. The van der Waals surface area contributed by atoms with Crippen LogP contribution in [0, 0.1) is 5.82 Å². The van der Waals surface area contributed by atoms with Crippen LogP contribution in [0.1, 0.15) is 42.8 Å². The molecule has 212 valence electrons. The van der Waals surface area contributed by atoms with Gasteiger partial charge in [0.05, 0.1) is 37.7 Å². The Kier molecular flexibility index (Phi) is 8.58. The second-order valence-electron chi connectivity index (χ2n) is 9.82. The zero-order valence-electron chi connectivity index (χ0n) is 22.5. The van der Waals surface area contributed by atoms with Crippen molar-refractivity contribution in [1.82, 2.24) is 30.1 Å². The third kappa shape index (κ3) is 6.01. The van der Waals surface area contributed by atoms with Crippen molar-refractivity contribution in [2.45, 2.75) is 32.7 Å². The van der Waals surface area contributed by atoms with Gasteiger partial charge in [0, 0.05) is 36.2 Å². The van der Waals surface area contributed by atoms with Crippen molar-refractivity contribution in [3.05, 3.63) is 53.8 Å². The number of carbonyl (C=O) groups excluding carboxylic acids is 1. The van der Waals surface area contributed by atoms with Gasteiger partial charge >= 0.3 is 11.8 Å². The highest BCUT2D eigenvalue weighted by atomic mass is 19.1. The molecule has 0 radical (unpaired) electrons. The number of carboxylic acid groups (broad SMARTS) is 1. The number of amides is 1. The smallest absolute Gasteiger partial charge is 0.315 e. The number of methoxy groups -OCH3 is 1. The number of hydrogen-bond acceptors (Lipinski definition) is 10. The summed E-state index contributed by atoms with van der Waals surface area (Å²) < 4.78 is 33.3. The van der Waals surface area contributed by atoms with Gasteiger partial charge in [-0.05, 0) is 12.1 Å². The van der Waals surface area contributed by atoms with Crippen LogP contribution in [-0.2, 0) is 21.5 Å². The van der Waals surface area contributed by atoms with E-state index in [0.717, 1.165) is 18.8 Å². The third-order valence-corrected chi connectivity index (χ3v) is 6.14. The van der Waals surface area contributed by atoms with Crippen LogP contribution in [0.25, 0.3) is 16.8 Å². The van der Waals surface area contributed by atoms with Crippen LogP contribution >= 0.6 is 0 Å². The van der Waals surface area contributed by atoms with E-state index in [1.807, 2.05) is 33.0 Å². The van der Waals surface area contributed by atoms with E-state index in [9.17, 15) is 4.79 Å². The lowest BCUT2D eigenvalue weighted by Crippen LogP contribution is -2.35. The molecule has 5 rings (SSSR count). The van der Waals surface area contributed by atoms with E-state index in [-0.39, 0.29) is 35.6 Å². The van der Waals surface area contributed by atoms with Crippen molar-refractivity contribution >= 4 is 23.6 Å². The van der Waals surface area contributed by atoms with Crippen LogP contribution in [0.4, 0.5) is 10.1 Å². The number of fused-ring (bicyclic) bond motifs is 1. The molecule has 3 aromatic heterocycles. The molecule has 0 atom stereocenters. The van der Waals surface area contributed by atoms with E-state index < -0.39 is 11.7 Å². The molecule has 1 fully saturated rings. The number of morpholine rings is 1. The fourth-order valence-corrected chi connectivity index (χ4v) is 4.13. The molecule has 40 heavy (non-hydrogen) atoms. The van der Waals surface area contributed by atoms with Crippen molar-refractivity contribution in [3.63, 3.8) is 0 Å². The first-order valence-electron chi connectivity index (χ1n) is 12.4. The van der Waals surface area contributed by atoms with Crippen LogP contribution in [0.15, 0.2) is 35.2 Å². The highest BCUT2D eigenvalue weighted by Gasteiger charge is 2.25. The van der Waals surface area contributed by atoms with Crippen LogP contribution < -0.4 is 15.0 Å². The summed E-state index contributed by atoms with van der Waals surface area (Å²) >= 11 is 0. The third-order valence-electron chi connectivity index (χ3n) is 6.14. The maximum Gasteiger partial charge on any atom is 0.315 e. The molecule has 1 saturated heterocycles. The largest absolute Gasteiger partial charge is 0.493 e. The van der Waals surface area contributed by atoms with Crippen molar-refractivity contribution in [1.29, 1.82) is 0 Å². The van der Waals surface area contributed by atoms with Gasteiger partial charge in [0.25, 0.3) is 6.47 Å². The molecule has 4 aromatic rings. The molecule has 14 heteroatoms. The summed E-state index contributed by atoms with van der Waals surface area (Å²) in [6.07, 6.45) is 3.29. The maximum absolute atomic E-state index is 15.7. The number of carbonyl (C=O) groups is 2. The molecule has 1 amide bonds.